The number of fused-ring (bicyclic) bond motifs is 16. The summed E-state index contributed by atoms with van der Waals surface area (Å²) in [4.78, 5) is 36.4. The van der Waals surface area contributed by atoms with E-state index < -0.39 is 112 Å². The maximum absolute atomic E-state index is 16.7. The van der Waals surface area contributed by atoms with E-state index in [1.807, 2.05) is 104 Å². The van der Waals surface area contributed by atoms with Crippen LogP contribution in [0.3, 0.4) is 0 Å². The number of sulfone groups is 3. The number of carbonyl (C=O) groups excluding carboxylic acids is 1. The van der Waals surface area contributed by atoms with E-state index in [0.29, 0.717) is 89.9 Å². The molecule has 6 heterocycles. The fraction of sp³-hybridized carbons (Fsp3) is 0.388. The molecule has 11 aromatic rings. The second-order valence-electron chi connectivity index (χ2n) is 32.4. The number of rotatable bonds is 11. The molecule has 4 unspecified atom stereocenters. The van der Waals surface area contributed by atoms with Crippen molar-refractivity contribution in [2.45, 2.75) is 169 Å². The van der Waals surface area contributed by atoms with E-state index in [-0.39, 0.29) is 92.1 Å². The largest absolute Gasteiger partial charge is 0.481 e. The predicted molar refractivity (Wildman–Crippen MR) is 432 cm³/mol. The van der Waals surface area contributed by atoms with E-state index in [1.54, 1.807) is 58.3 Å². The number of hydrogen-bond acceptors (Lipinski definition) is 16. The monoisotopic (exact) mass is 1650 g/mol. The second-order valence-corrected chi connectivity index (χ2v) is 41.5. The second kappa shape index (κ2) is 32.4. The minimum atomic E-state index is -4.66. The molecule has 604 valence electrons. The Kier molecular flexibility index (Phi) is 23.9. The van der Waals surface area contributed by atoms with Crippen molar-refractivity contribution < 1.29 is 70.7 Å². The lowest BCUT2D eigenvalue weighted by atomic mass is 9.75. The smallest absolute Gasteiger partial charge is 0.308 e. The maximum atomic E-state index is 16.7. The molecule has 2 aliphatic rings. The van der Waals surface area contributed by atoms with Gasteiger partial charge in [-0.1, -0.05) is 132 Å². The lowest BCUT2D eigenvalue weighted by molar-refractivity contribution is -0.147. The van der Waals surface area contributed by atoms with Crippen LogP contribution < -0.4 is 0 Å². The summed E-state index contributed by atoms with van der Waals surface area (Å²) in [5.41, 5.74) is 1.97. The lowest BCUT2D eigenvalue weighted by Crippen LogP contribution is -2.29. The molecule has 0 saturated heterocycles. The highest BCUT2D eigenvalue weighted by molar-refractivity contribution is 7.99. The predicted octanol–water partition coefficient (Wildman–Crippen LogP) is 16.4. The molecule has 13 rings (SSSR count). The molecular weight excluding hydrogens is 1560 g/mol. The summed E-state index contributed by atoms with van der Waals surface area (Å²) in [5, 5.41) is 19.9. The standard InChI is InChI=1S/C47H52F2N4O6S3.C38H42F2N4O6S2/c1-8-59-44(54)31(3)25-32-11-9-12-33(26-32)47(6)22-10-21-46(4,5)29-61(55,56)24-20-37-36-19-23-53(62(57,58)35-16-13-30(2)14-17-35)41(36)28-40(49)42(37)60-34-15-18-39(48)38(27-34)43-50-45(47)51-52(43)7;1-23(35(45)46)18-24-8-6-9-25(19-24)38(4)15-7-14-37(2,3)22-51(47,48)17-13-28-27-12-16-41-32(27)21-31(40)33(28)52(49,50)26-10-11-30(39)29(20-26)34-42-36(38)43-44(34)5/h9,11-19,23,26-28,31H,8,10,20-22,24-25,29H2,1-7H3;6,8-12,16,19-21,23,41H,7,13-15,17-18,22H2,1-5H3,(H,45,46). The summed E-state index contributed by atoms with van der Waals surface area (Å²) >= 11 is 1.01. The average Bonchev–Trinajstić information content (AvgIpc) is 1.76. The molecule has 2 N–H and O–H groups in total. The lowest BCUT2D eigenvalue weighted by Gasteiger charge is -2.31. The number of carbonyl (C=O) groups is 2. The number of ether oxygens (including phenoxy) is 1. The van der Waals surface area contributed by atoms with Crippen molar-refractivity contribution in [1.29, 1.82) is 0 Å². The minimum Gasteiger partial charge on any atom is -0.481 e. The van der Waals surface area contributed by atoms with Crippen molar-refractivity contribution in [1.82, 2.24) is 38.5 Å². The number of benzene rings is 7. The molecule has 0 aliphatic carbocycles. The fourth-order valence-electron chi connectivity index (χ4n) is 15.8. The van der Waals surface area contributed by atoms with Gasteiger partial charge in [0.1, 0.15) is 28.2 Å². The normalized spacial score (nSPS) is 19.6. The van der Waals surface area contributed by atoms with Crippen LogP contribution in [0.25, 0.3) is 44.6 Å². The van der Waals surface area contributed by atoms with Crippen LogP contribution in [0.4, 0.5) is 17.6 Å². The molecule has 4 atom stereocenters. The number of carboxylic acids is 1. The number of esters is 1. The van der Waals surface area contributed by atoms with Crippen LogP contribution >= 0.6 is 11.8 Å². The Morgan fingerprint density at radius 3 is 1.71 bits per heavy atom. The average molecular weight is 1660 g/mol. The van der Waals surface area contributed by atoms with E-state index >= 15 is 17.6 Å². The van der Waals surface area contributed by atoms with Crippen LogP contribution in [0.1, 0.15) is 151 Å². The minimum absolute atomic E-state index is 0.0271. The molecule has 29 heteroatoms. The van der Waals surface area contributed by atoms with Gasteiger partial charge in [-0.3, -0.25) is 9.59 Å². The van der Waals surface area contributed by atoms with Gasteiger partial charge in [0, 0.05) is 53.7 Å². The van der Waals surface area contributed by atoms with Crippen molar-refractivity contribution in [3.05, 3.63) is 220 Å². The van der Waals surface area contributed by atoms with Gasteiger partial charge in [0.05, 0.1) is 83.6 Å². The molecule has 0 fully saturated rings. The Hall–Kier alpha value is -9.29. The highest BCUT2D eigenvalue weighted by atomic mass is 32.2. The molecule has 7 aromatic carbocycles. The van der Waals surface area contributed by atoms with Crippen molar-refractivity contribution in [2.75, 3.05) is 29.6 Å². The number of aliphatic carboxylic acids is 1. The Balaban J connectivity index is 0.000000214. The summed E-state index contributed by atoms with van der Waals surface area (Å²) in [6, 6.07) is 34.7. The molecule has 4 aromatic heterocycles. The van der Waals surface area contributed by atoms with Crippen LogP contribution in [0, 0.1) is 52.9 Å². The quantitative estimate of drug-likeness (QED) is 0.0691. The first-order valence-electron chi connectivity index (χ1n) is 37.8. The van der Waals surface area contributed by atoms with E-state index in [4.69, 9.17) is 24.9 Å². The van der Waals surface area contributed by atoms with E-state index in [9.17, 15) is 48.4 Å². The number of nitrogens with one attached hydrogen (secondary N) is 1. The number of nitrogens with zero attached hydrogens (tertiary/aromatic N) is 7. The Morgan fingerprint density at radius 1 is 0.623 bits per heavy atom. The highest BCUT2D eigenvalue weighted by Crippen LogP contribution is 2.45. The number of aromatic nitrogens is 8. The van der Waals surface area contributed by atoms with Gasteiger partial charge in [-0.25, -0.2) is 74.5 Å². The molecule has 0 radical (unpaired) electrons. The van der Waals surface area contributed by atoms with Gasteiger partial charge in [-0.05, 0) is 190 Å². The molecule has 20 nitrogen and oxygen atoms in total. The third-order valence-electron chi connectivity index (χ3n) is 22.0. The molecule has 0 saturated carbocycles. The van der Waals surface area contributed by atoms with Gasteiger partial charge in [-0.2, -0.15) is 10.2 Å². The highest BCUT2D eigenvalue weighted by Gasteiger charge is 2.40. The van der Waals surface area contributed by atoms with Crippen molar-refractivity contribution in [3.63, 3.8) is 0 Å². The molecule has 2 aliphatic heterocycles. The zero-order valence-corrected chi connectivity index (χ0v) is 69.8. The number of aromatic amines is 1. The summed E-state index contributed by atoms with van der Waals surface area (Å²) in [6.07, 6.45) is 6.46. The van der Waals surface area contributed by atoms with Gasteiger partial charge in [0.25, 0.3) is 10.0 Å². The van der Waals surface area contributed by atoms with Crippen molar-refractivity contribution >= 4 is 85.0 Å². The molecule has 8 bridgehead atoms. The number of carboxylic acid groups (broad SMARTS) is 1. The van der Waals surface area contributed by atoms with Crippen molar-refractivity contribution in [3.8, 4) is 22.8 Å². The topological polar surface area (TPSA) is 282 Å². The van der Waals surface area contributed by atoms with E-state index in [2.05, 4.69) is 4.98 Å². The number of halogens is 4. The molecular formula is C85H94F4N8O12S5. The fourth-order valence-corrected chi connectivity index (χ4v) is 23.8. The first-order chi connectivity index (χ1) is 53.5. The van der Waals surface area contributed by atoms with E-state index in [0.717, 1.165) is 73.9 Å². The summed E-state index contributed by atoms with van der Waals surface area (Å²) in [6.45, 7) is 18.9. The SMILES string of the molecule is CC(Cc1cccc(C2(C)CCCC(C)(C)CS(=O)(=O)CCc3c(c(F)cc4[nH]ccc34)S(=O)(=O)c3ccc(F)c(c3)-c3nc2nn3C)c1)C(=O)O.CCOC(=O)C(C)Cc1cccc(C2(C)CCCC(C)(C)CS(=O)(=O)CCc3c(c(F)cc4c3ccn4S(=O)(=O)c3ccc(C)cc3)Sc3ccc(F)c(c3)-c3nc2nn3C)c1. The van der Waals surface area contributed by atoms with Crippen LogP contribution in [-0.4, -0.2) is 119 Å². The Morgan fingerprint density at radius 2 is 1.16 bits per heavy atom. The summed E-state index contributed by atoms with van der Waals surface area (Å²) < 4.78 is 185. The number of H-pyrrole nitrogens is 1. The number of hydrogen-bond donors (Lipinski definition) is 2. The first kappa shape index (κ1) is 84.1. The third kappa shape index (κ3) is 17.7. The third-order valence-corrected chi connectivity index (χ3v) is 30.8. The Labute approximate surface area is 667 Å². The van der Waals surface area contributed by atoms with Gasteiger partial charge in [-0.15, -0.1) is 0 Å². The number of aryl methyl sites for hydroxylation is 5. The van der Waals surface area contributed by atoms with Gasteiger partial charge >= 0.3 is 11.9 Å². The molecule has 0 amide bonds. The zero-order chi connectivity index (χ0) is 82.6. The van der Waals surface area contributed by atoms with Crippen LogP contribution in [-0.2, 0) is 104 Å². The summed E-state index contributed by atoms with van der Waals surface area (Å²) in [7, 11) is -13.0. The zero-order valence-electron chi connectivity index (χ0n) is 65.7. The van der Waals surface area contributed by atoms with Gasteiger partial charge in [0.15, 0.2) is 43.0 Å². The van der Waals surface area contributed by atoms with Gasteiger partial charge in [0.2, 0.25) is 9.84 Å². The first-order valence-corrected chi connectivity index (χ1v) is 45.2. The molecule has 114 heavy (non-hydrogen) atoms. The summed E-state index contributed by atoms with van der Waals surface area (Å²) in [5.74, 6) is -5.27. The van der Waals surface area contributed by atoms with E-state index in [1.165, 1.54) is 46.0 Å². The Bertz CT molecular complexity index is 6040. The van der Waals surface area contributed by atoms with Crippen LogP contribution in [0.5, 0.6) is 0 Å². The maximum Gasteiger partial charge on any atom is 0.308 e. The van der Waals surface area contributed by atoms with Crippen LogP contribution in [0.2, 0.25) is 0 Å². The molecule has 0 spiro atoms. The van der Waals surface area contributed by atoms with Crippen molar-refractivity contribution in [2.24, 2.45) is 36.8 Å². The van der Waals surface area contributed by atoms with Gasteiger partial charge < -0.3 is 14.8 Å². The van der Waals surface area contributed by atoms with Crippen LogP contribution in [0.15, 0.2) is 170 Å².